The number of carboxylic acid groups (broad SMARTS) is 1. The maximum Gasteiger partial charge on any atom is 0.300 e. The number of hydrogen-bond donors (Lipinski definition) is 1. The van der Waals surface area contributed by atoms with E-state index >= 15 is 0 Å². The van der Waals surface area contributed by atoms with Crippen LogP contribution in [0.1, 0.15) is 22.8 Å². The highest BCUT2D eigenvalue weighted by atomic mass is 17.2. The van der Waals surface area contributed by atoms with Crippen molar-refractivity contribution in [2.75, 3.05) is 14.2 Å². The van der Waals surface area contributed by atoms with Gasteiger partial charge in [-0.3, -0.25) is 9.59 Å². The summed E-state index contributed by atoms with van der Waals surface area (Å²) in [5.41, 5.74) is 1.05. The van der Waals surface area contributed by atoms with Crippen LogP contribution in [0.4, 0.5) is 0 Å². The minimum atomic E-state index is -1.61. The van der Waals surface area contributed by atoms with Crippen LogP contribution in [0.5, 0.6) is 0 Å². The van der Waals surface area contributed by atoms with Gasteiger partial charge in [-0.15, -0.1) is 0 Å². The summed E-state index contributed by atoms with van der Waals surface area (Å²) in [6, 6.07) is 17.8. The van der Waals surface area contributed by atoms with Crippen molar-refractivity contribution in [2.24, 2.45) is 0 Å². The number of benzene rings is 2. The summed E-state index contributed by atoms with van der Waals surface area (Å²) >= 11 is 0. The Bertz CT molecular complexity index is 637. The summed E-state index contributed by atoms with van der Waals surface area (Å²) in [7, 11) is 2.75. The van der Waals surface area contributed by atoms with Crippen molar-refractivity contribution in [3.8, 4) is 0 Å². The Morgan fingerprint density at radius 1 is 0.917 bits per heavy atom. The summed E-state index contributed by atoms with van der Waals surface area (Å²) in [5.74, 6) is -2.77. The standard InChI is InChI=1S/C16H16O4.C2H4O2/c1-18-16(20-19-2,14-11-7-4-8-12-14)15(17)13-9-5-3-6-10-13;1-2(3)4/h3-12H,1-2H3;1H3,(H,3,4). The fraction of sp³-hybridized carbons (Fsp3) is 0.222. The third kappa shape index (κ3) is 4.99. The van der Waals surface area contributed by atoms with Crippen molar-refractivity contribution in [1.29, 1.82) is 0 Å². The van der Waals surface area contributed by atoms with E-state index in [1.54, 1.807) is 48.5 Å². The van der Waals surface area contributed by atoms with Crippen LogP contribution in [-0.4, -0.2) is 31.1 Å². The van der Waals surface area contributed by atoms with Crippen LogP contribution in [0.3, 0.4) is 0 Å². The first kappa shape index (κ1) is 19.5. The SMILES string of the molecule is CC(=O)O.COOC(OC)(C(=O)c1ccccc1)c1ccccc1. The first-order valence-corrected chi connectivity index (χ1v) is 7.09. The molecule has 0 radical (unpaired) electrons. The smallest absolute Gasteiger partial charge is 0.300 e. The molecule has 1 unspecified atom stereocenters. The Morgan fingerprint density at radius 3 is 1.79 bits per heavy atom. The molecule has 0 aliphatic rings. The fourth-order valence-electron chi connectivity index (χ4n) is 2.02. The van der Waals surface area contributed by atoms with E-state index in [2.05, 4.69) is 0 Å². The molecule has 2 rings (SSSR count). The molecule has 0 saturated carbocycles. The van der Waals surface area contributed by atoms with Gasteiger partial charge >= 0.3 is 0 Å². The van der Waals surface area contributed by atoms with Crippen molar-refractivity contribution in [2.45, 2.75) is 12.7 Å². The molecule has 1 atom stereocenters. The molecule has 0 fully saturated rings. The number of carboxylic acids is 1. The number of carbonyl (C=O) groups excluding carboxylic acids is 1. The van der Waals surface area contributed by atoms with Crippen molar-refractivity contribution in [3.63, 3.8) is 0 Å². The van der Waals surface area contributed by atoms with Gasteiger partial charge in [0.15, 0.2) is 0 Å². The van der Waals surface area contributed by atoms with Gasteiger partial charge in [0.25, 0.3) is 11.8 Å². The lowest BCUT2D eigenvalue weighted by molar-refractivity contribution is -0.397. The van der Waals surface area contributed by atoms with Gasteiger partial charge < -0.3 is 9.84 Å². The maximum atomic E-state index is 12.8. The molecule has 128 valence electrons. The first-order chi connectivity index (χ1) is 11.5. The molecule has 6 nitrogen and oxygen atoms in total. The summed E-state index contributed by atoms with van der Waals surface area (Å²) in [6.07, 6.45) is 0. The predicted molar refractivity (Wildman–Crippen MR) is 87.3 cm³/mol. The molecule has 0 aliphatic heterocycles. The second-order valence-electron chi connectivity index (χ2n) is 4.65. The zero-order valence-corrected chi connectivity index (χ0v) is 13.8. The van der Waals surface area contributed by atoms with Gasteiger partial charge in [0.1, 0.15) is 0 Å². The van der Waals surface area contributed by atoms with Gasteiger partial charge in [-0.2, -0.15) is 4.89 Å². The van der Waals surface area contributed by atoms with Gasteiger partial charge in [0.2, 0.25) is 5.78 Å². The Hall–Kier alpha value is -2.54. The predicted octanol–water partition coefficient (Wildman–Crippen LogP) is 3.04. The minimum Gasteiger partial charge on any atom is -0.481 e. The van der Waals surface area contributed by atoms with Crippen LogP contribution in [0.25, 0.3) is 0 Å². The van der Waals surface area contributed by atoms with E-state index in [0.29, 0.717) is 11.1 Å². The van der Waals surface area contributed by atoms with Crippen molar-refractivity contribution in [1.82, 2.24) is 0 Å². The van der Waals surface area contributed by atoms with Crippen molar-refractivity contribution in [3.05, 3.63) is 71.8 Å². The Balaban J connectivity index is 0.000000648. The number of methoxy groups -OCH3 is 1. The van der Waals surface area contributed by atoms with E-state index in [1.165, 1.54) is 14.2 Å². The fourth-order valence-corrected chi connectivity index (χ4v) is 2.02. The molecule has 2 aromatic rings. The molecule has 0 spiro atoms. The first-order valence-electron chi connectivity index (χ1n) is 7.09. The van der Waals surface area contributed by atoms with E-state index in [0.717, 1.165) is 6.92 Å². The number of hydrogen-bond acceptors (Lipinski definition) is 5. The van der Waals surface area contributed by atoms with Crippen LogP contribution >= 0.6 is 0 Å². The summed E-state index contributed by atoms with van der Waals surface area (Å²) in [4.78, 5) is 31.7. The van der Waals surface area contributed by atoms with E-state index in [-0.39, 0.29) is 5.78 Å². The van der Waals surface area contributed by atoms with Crippen LogP contribution in [0, 0.1) is 0 Å². The molecule has 0 amide bonds. The Labute approximate surface area is 140 Å². The number of Topliss-reactive ketones (excluding diaryl/α,β-unsaturated/α-hetero) is 1. The van der Waals surface area contributed by atoms with Crippen LogP contribution in [0.15, 0.2) is 60.7 Å². The molecule has 0 heterocycles. The van der Waals surface area contributed by atoms with Gasteiger partial charge in [0.05, 0.1) is 7.11 Å². The number of rotatable bonds is 6. The zero-order valence-electron chi connectivity index (χ0n) is 13.8. The minimum absolute atomic E-state index is 0.325. The average Bonchev–Trinajstić information content (AvgIpc) is 2.60. The largest absolute Gasteiger partial charge is 0.481 e. The molecule has 0 saturated heterocycles. The molecule has 2 aromatic carbocycles. The molecule has 0 bridgehead atoms. The van der Waals surface area contributed by atoms with Crippen molar-refractivity contribution < 1.29 is 29.2 Å². The topological polar surface area (TPSA) is 82.1 Å². The number of ether oxygens (including phenoxy) is 1. The number of carbonyl (C=O) groups is 2. The summed E-state index contributed by atoms with van der Waals surface area (Å²) < 4.78 is 5.38. The van der Waals surface area contributed by atoms with Crippen molar-refractivity contribution >= 4 is 11.8 Å². The Kier molecular flexibility index (Phi) is 7.77. The van der Waals surface area contributed by atoms with Crippen LogP contribution in [0.2, 0.25) is 0 Å². The molecule has 6 heteroatoms. The van der Waals surface area contributed by atoms with Gasteiger partial charge in [-0.05, 0) is 0 Å². The highest BCUT2D eigenvalue weighted by Crippen LogP contribution is 2.31. The zero-order chi connectivity index (χ0) is 18.0. The third-order valence-electron chi connectivity index (χ3n) is 2.98. The van der Waals surface area contributed by atoms with Crippen LogP contribution in [-0.2, 0) is 25.1 Å². The molecular weight excluding hydrogens is 312 g/mol. The number of ketones is 1. The normalized spacial score (nSPS) is 12.5. The second-order valence-corrected chi connectivity index (χ2v) is 4.65. The quantitative estimate of drug-likeness (QED) is 0.379. The number of aliphatic carboxylic acids is 1. The summed E-state index contributed by atoms with van der Waals surface area (Å²) in [6.45, 7) is 1.08. The van der Waals surface area contributed by atoms with Gasteiger partial charge in [-0.25, -0.2) is 4.89 Å². The highest BCUT2D eigenvalue weighted by Gasteiger charge is 2.44. The lowest BCUT2D eigenvalue weighted by Gasteiger charge is -2.29. The molecular formula is C18H20O6. The lowest BCUT2D eigenvalue weighted by atomic mass is 9.96. The lowest BCUT2D eigenvalue weighted by Crippen LogP contribution is -2.40. The van der Waals surface area contributed by atoms with Gasteiger partial charge in [-0.1, -0.05) is 60.7 Å². The molecule has 24 heavy (non-hydrogen) atoms. The summed E-state index contributed by atoms with van der Waals surface area (Å²) in [5, 5.41) is 7.42. The Morgan fingerprint density at radius 2 is 1.38 bits per heavy atom. The average molecular weight is 332 g/mol. The molecule has 0 aliphatic carbocycles. The van der Waals surface area contributed by atoms with Gasteiger partial charge in [0, 0.05) is 25.2 Å². The monoisotopic (exact) mass is 332 g/mol. The van der Waals surface area contributed by atoms with E-state index in [9.17, 15) is 4.79 Å². The van der Waals surface area contributed by atoms with E-state index in [4.69, 9.17) is 24.4 Å². The second kappa shape index (κ2) is 9.57. The highest BCUT2D eigenvalue weighted by molar-refractivity contribution is 6.02. The van der Waals surface area contributed by atoms with E-state index in [1.807, 2.05) is 12.1 Å². The molecule has 0 aromatic heterocycles. The third-order valence-corrected chi connectivity index (χ3v) is 2.98. The van der Waals surface area contributed by atoms with E-state index < -0.39 is 11.8 Å². The van der Waals surface area contributed by atoms with Crippen LogP contribution < -0.4 is 0 Å². The maximum absolute atomic E-state index is 12.8. The molecule has 1 N–H and O–H groups in total.